The number of ether oxygens (including phenoxy) is 2. The van der Waals surface area contributed by atoms with E-state index < -0.39 is 0 Å². The van der Waals surface area contributed by atoms with Crippen molar-refractivity contribution in [1.82, 2.24) is 5.43 Å². The molecule has 1 amide bonds. The Labute approximate surface area is 184 Å². The van der Waals surface area contributed by atoms with E-state index in [-0.39, 0.29) is 18.3 Å². The van der Waals surface area contributed by atoms with Crippen molar-refractivity contribution in [2.24, 2.45) is 5.10 Å². The standard InChI is InChI=1S/C23H21ClFN3O3/c1-30-22-12-17(4-11-21(22)31-15-16-2-5-18(24)6-3-16)13-27-28-23(29)14-26-20-9-7-19(25)8-10-20/h2-13,26H,14-15H2,1H3,(H,28,29)/b27-13-. The van der Waals surface area contributed by atoms with Gasteiger partial charge >= 0.3 is 0 Å². The number of hydrogen-bond donors (Lipinski definition) is 2. The maximum atomic E-state index is 12.9. The van der Waals surface area contributed by atoms with Crippen molar-refractivity contribution in [2.75, 3.05) is 19.0 Å². The first-order valence-electron chi connectivity index (χ1n) is 9.40. The number of anilines is 1. The molecule has 0 aliphatic heterocycles. The minimum Gasteiger partial charge on any atom is -0.493 e. The van der Waals surface area contributed by atoms with Gasteiger partial charge in [0.1, 0.15) is 12.4 Å². The van der Waals surface area contributed by atoms with Gasteiger partial charge in [0, 0.05) is 10.7 Å². The summed E-state index contributed by atoms with van der Waals surface area (Å²) in [7, 11) is 1.55. The molecule has 3 aromatic rings. The third kappa shape index (κ3) is 7.01. The van der Waals surface area contributed by atoms with Gasteiger partial charge < -0.3 is 14.8 Å². The van der Waals surface area contributed by atoms with Crippen molar-refractivity contribution in [2.45, 2.75) is 6.61 Å². The topological polar surface area (TPSA) is 72.0 Å². The lowest BCUT2D eigenvalue weighted by molar-refractivity contribution is -0.119. The number of carbonyl (C=O) groups excluding carboxylic acids is 1. The largest absolute Gasteiger partial charge is 0.493 e. The maximum Gasteiger partial charge on any atom is 0.259 e. The highest BCUT2D eigenvalue weighted by Gasteiger charge is 2.06. The average Bonchev–Trinajstić information content (AvgIpc) is 2.78. The Bertz CT molecular complexity index is 1040. The van der Waals surface area contributed by atoms with Gasteiger partial charge in [-0.2, -0.15) is 5.10 Å². The Morgan fingerprint density at radius 2 is 1.81 bits per heavy atom. The number of rotatable bonds is 9. The zero-order valence-corrected chi connectivity index (χ0v) is 17.5. The van der Waals surface area contributed by atoms with E-state index in [0.717, 1.165) is 11.1 Å². The van der Waals surface area contributed by atoms with Crippen LogP contribution in [-0.4, -0.2) is 25.8 Å². The molecular weight excluding hydrogens is 421 g/mol. The van der Waals surface area contributed by atoms with Crippen LogP contribution in [0.4, 0.5) is 10.1 Å². The minimum absolute atomic E-state index is 0.00374. The van der Waals surface area contributed by atoms with Gasteiger partial charge in [-0.3, -0.25) is 4.79 Å². The molecule has 0 saturated carbocycles. The molecule has 0 saturated heterocycles. The summed E-state index contributed by atoms with van der Waals surface area (Å²) in [6.45, 7) is 0.377. The van der Waals surface area contributed by atoms with Crippen molar-refractivity contribution in [1.29, 1.82) is 0 Å². The van der Waals surface area contributed by atoms with E-state index in [1.807, 2.05) is 12.1 Å². The molecule has 2 N–H and O–H groups in total. The third-order valence-corrected chi connectivity index (χ3v) is 4.45. The van der Waals surface area contributed by atoms with Crippen LogP contribution in [0.3, 0.4) is 0 Å². The fourth-order valence-corrected chi connectivity index (χ4v) is 2.72. The molecule has 8 heteroatoms. The molecule has 0 unspecified atom stereocenters. The van der Waals surface area contributed by atoms with E-state index >= 15 is 0 Å². The molecule has 0 spiro atoms. The van der Waals surface area contributed by atoms with E-state index in [9.17, 15) is 9.18 Å². The van der Waals surface area contributed by atoms with Gasteiger partial charge in [0.05, 0.1) is 19.9 Å². The summed E-state index contributed by atoms with van der Waals surface area (Å²) >= 11 is 5.89. The minimum atomic E-state index is -0.338. The van der Waals surface area contributed by atoms with Gasteiger partial charge in [-0.15, -0.1) is 0 Å². The molecule has 160 valence electrons. The van der Waals surface area contributed by atoms with Crippen LogP contribution in [0.15, 0.2) is 71.8 Å². The summed E-state index contributed by atoms with van der Waals surface area (Å²) in [6.07, 6.45) is 1.50. The van der Waals surface area contributed by atoms with Gasteiger partial charge in [0.15, 0.2) is 11.5 Å². The van der Waals surface area contributed by atoms with Crippen LogP contribution in [0.5, 0.6) is 11.5 Å². The van der Waals surface area contributed by atoms with Crippen LogP contribution in [0, 0.1) is 5.82 Å². The normalized spacial score (nSPS) is 10.7. The van der Waals surface area contributed by atoms with Crippen molar-refractivity contribution in [3.63, 3.8) is 0 Å². The highest BCUT2D eigenvalue weighted by Crippen LogP contribution is 2.28. The molecule has 0 aromatic heterocycles. The molecule has 0 aliphatic rings. The number of amides is 1. The number of nitrogens with one attached hydrogen (secondary N) is 2. The first-order chi connectivity index (χ1) is 15.0. The quantitative estimate of drug-likeness (QED) is 0.375. The van der Waals surface area contributed by atoms with E-state index in [1.165, 1.54) is 18.3 Å². The second-order valence-electron chi connectivity index (χ2n) is 6.48. The maximum absolute atomic E-state index is 12.9. The van der Waals surface area contributed by atoms with Gasteiger partial charge in [-0.1, -0.05) is 23.7 Å². The molecule has 0 bridgehead atoms. The first-order valence-corrected chi connectivity index (χ1v) is 9.78. The van der Waals surface area contributed by atoms with Crippen LogP contribution in [0.25, 0.3) is 0 Å². The molecule has 0 fully saturated rings. The number of nitrogens with zero attached hydrogens (tertiary/aromatic N) is 1. The number of benzene rings is 3. The van der Waals surface area contributed by atoms with Crippen molar-refractivity contribution < 1.29 is 18.7 Å². The Hall–Kier alpha value is -3.58. The number of methoxy groups -OCH3 is 1. The van der Waals surface area contributed by atoms with E-state index in [4.69, 9.17) is 21.1 Å². The molecule has 3 rings (SSSR count). The summed E-state index contributed by atoms with van der Waals surface area (Å²) in [5, 5.41) is 7.49. The number of carbonyl (C=O) groups is 1. The molecule has 0 atom stereocenters. The predicted octanol–water partition coefficient (Wildman–Crippen LogP) is 4.63. The fourth-order valence-electron chi connectivity index (χ4n) is 2.59. The molecule has 0 heterocycles. The Kier molecular flexibility index (Phi) is 7.84. The number of hydrazone groups is 1. The number of hydrogen-bond acceptors (Lipinski definition) is 5. The van der Waals surface area contributed by atoms with Crippen LogP contribution in [0.1, 0.15) is 11.1 Å². The molecular formula is C23H21ClFN3O3. The average molecular weight is 442 g/mol. The van der Waals surface area contributed by atoms with Gasteiger partial charge in [-0.25, -0.2) is 9.82 Å². The van der Waals surface area contributed by atoms with Crippen LogP contribution < -0.4 is 20.2 Å². The number of halogens is 2. The van der Waals surface area contributed by atoms with Crippen molar-refractivity contribution >= 4 is 29.4 Å². The molecule has 6 nitrogen and oxygen atoms in total. The Balaban J connectivity index is 1.51. The summed E-state index contributed by atoms with van der Waals surface area (Å²) < 4.78 is 24.1. The highest BCUT2D eigenvalue weighted by atomic mass is 35.5. The summed E-state index contributed by atoms with van der Waals surface area (Å²) in [5.74, 6) is 0.455. The summed E-state index contributed by atoms with van der Waals surface area (Å²) in [6, 6.07) is 18.4. The second-order valence-corrected chi connectivity index (χ2v) is 6.92. The lowest BCUT2D eigenvalue weighted by Gasteiger charge is -2.11. The van der Waals surface area contributed by atoms with E-state index in [2.05, 4.69) is 15.8 Å². The SMILES string of the molecule is COc1cc(/C=N\NC(=O)CNc2ccc(F)cc2)ccc1OCc1ccc(Cl)cc1. The fraction of sp³-hybridized carbons (Fsp3) is 0.130. The van der Waals surface area contributed by atoms with E-state index in [0.29, 0.717) is 28.8 Å². The zero-order chi connectivity index (χ0) is 22.1. The van der Waals surface area contributed by atoms with Crippen LogP contribution in [-0.2, 0) is 11.4 Å². The van der Waals surface area contributed by atoms with Gasteiger partial charge in [0.2, 0.25) is 0 Å². The predicted molar refractivity (Wildman–Crippen MR) is 119 cm³/mol. The summed E-state index contributed by atoms with van der Waals surface area (Å²) in [5.41, 5.74) is 4.77. The van der Waals surface area contributed by atoms with E-state index in [1.54, 1.807) is 49.6 Å². The smallest absolute Gasteiger partial charge is 0.259 e. The van der Waals surface area contributed by atoms with Gasteiger partial charge in [-0.05, 0) is 65.7 Å². The Morgan fingerprint density at radius 1 is 1.06 bits per heavy atom. The highest BCUT2D eigenvalue weighted by molar-refractivity contribution is 6.30. The lowest BCUT2D eigenvalue weighted by Crippen LogP contribution is -2.25. The molecule has 31 heavy (non-hydrogen) atoms. The van der Waals surface area contributed by atoms with Crippen molar-refractivity contribution in [3.8, 4) is 11.5 Å². The molecule has 0 aliphatic carbocycles. The van der Waals surface area contributed by atoms with Gasteiger partial charge in [0.25, 0.3) is 5.91 Å². The molecule has 0 radical (unpaired) electrons. The Morgan fingerprint density at radius 3 is 2.52 bits per heavy atom. The van der Waals surface area contributed by atoms with Crippen molar-refractivity contribution in [3.05, 3.63) is 88.7 Å². The first kappa shape index (κ1) is 22.1. The van der Waals surface area contributed by atoms with Crippen LogP contribution >= 0.6 is 11.6 Å². The summed E-state index contributed by atoms with van der Waals surface area (Å²) in [4.78, 5) is 11.9. The monoisotopic (exact) mass is 441 g/mol. The van der Waals surface area contributed by atoms with Crippen LogP contribution in [0.2, 0.25) is 5.02 Å². The molecule has 3 aromatic carbocycles. The third-order valence-electron chi connectivity index (χ3n) is 4.20. The zero-order valence-electron chi connectivity index (χ0n) is 16.8. The lowest BCUT2D eigenvalue weighted by atomic mass is 10.2. The second kappa shape index (κ2) is 11.0.